The molecule has 0 N–H and O–H groups in total. The minimum Gasteiger partial charge on any atom is -0.489 e. The molecule has 1 saturated carbocycles. The van der Waals surface area contributed by atoms with Crippen LogP contribution < -0.4 is 4.74 Å². The summed E-state index contributed by atoms with van der Waals surface area (Å²) in [4.78, 5) is 25.2. The highest BCUT2D eigenvalue weighted by Gasteiger charge is 2.39. The van der Waals surface area contributed by atoms with Crippen LogP contribution in [0, 0.1) is 6.92 Å². The summed E-state index contributed by atoms with van der Waals surface area (Å²) in [6.07, 6.45) is 9.21. The molecule has 1 amide bonds. The number of rotatable bonds is 6. The Morgan fingerprint density at radius 1 is 1.30 bits per heavy atom. The lowest BCUT2D eigenvalue weighted by Gasteiger charge is -2.30. The number of amidine groups is 1. The van der Waals surface area contributed by atoms with E-state index in [-0.39, 0.29) is 11.9 Å². The fourth-order valence-electron chi connectivity index (χ4n) is 3.72. The van der Waals surface area contributed by atoms with Crippen LogP contribution in [-0.4, -0.2) is 33.6 Å². The first-order valence-electron chi connectivity index (χ1n) is 10.2. The first kappa shape index (κ1) is 20.9. The maximum Gasteiger partial charge on any atom is 0.267 e. The zero-order valence-corrected chi connectivity index (χ0v) is 18.7. The molecule has 2 fully saturated rings. The van der Waals surface area contributed by atoms with Crippen molar-refractivity contribution >= 4 is 45.4 Å². The predicted octanol–water partition coefficient (Wildman–Crippen LogP) is 5.95. The van der Waals surface area contributed by atoms with Crippen molar-refractivity contribution in [1.82, 2.24) is 9.88 Å². The molecular weight excluding hydrogens is 414 g/mol. The van der Waals surface area contributed by atoms with Crippen LogP contribution >= 0.6 is 23.1 Å². The fraction of sp³-hybridized carbons (Fsp3) is 0.348. The summed E-state index contributed by atoms with van der Waals surface area (Å²) in [5.74, 6) is 0.765. The number of thioether (sulfide) groups is 1. The van der Waals surface area contributed by atoms with Gasteiger partial charge in [0.25, 0.3) is 5.91 Å². The Kier molecular flexibility index (Phi) is 6.69. The molecule has 1 aromatic heterocycles. The van der Waals surface area contributed by atoms with Crippen LogP contribution in [0.15, 0.2) is 52.2 Å². The zero-order valence-electron chi connectivity index (χ0n) is 17.0. The van der Waals surface area contributed by atoms with E-state index >= 15 is 0 Å². The van der Waals surface area contributed by atoms with E-state index in [0.29, 0.717) is 16.6 Å². The number of aryl methyl sites for hydroxylation is 1. The first-order valence-corrected chi connectivity index (χ1v) is 11.9. The molecule has 0 unspecified atom stereocenters. The Morgan fingerprint density at radius 3 is 2.83 bits per heavy atom. The average molecular weight is 440 g/mol. The van der Waals surface area contributed by atoms with Crippen LogP contribution in [0.25, 0.3) is 6.08 Å². The number of hydrogen-bond acceptors (Lipinski definition) is 6. The van der Waals surface area contributed by atoms with E-state index in [1.165, 1.54) is 29.5 Å². The highest BCUT2D eigenvalue weighted by molar-refractivity contribution is 8.18. The second-order valence-electron chi connectivity index (χ2n) is 7.38. The Bertz CT molecular complexity index is 990. The summed E-state index contributed by atoms with van der Waals surface area (Å²) in [5, 5.41) is 3.41. The molecule has 30 heavy (non-hydrogen) atoms. The molecule has 0 atom stereocenters. The van der Waals surface area contributed by atoms with Crippen LogP contribution in [0.5, 0.6) is 5.75 Å². The van der Waals surface area contributed by atoms with Gasteiger partial charge in [0.05, 0.1) is 10.6 Å². The normalized spacial score (nSPS) is 20.3. The largest absolute Gasteiger partial charge is 0.489 e. The number of amides is 1. The quantitative estimate of drug-likeness (QED) is 0.412. The smallest absolute Gasteiger partial charge is 0.267 e. The van der Waals surface area contributed by atoms with Gasteiger partial charge in [-0.2, -0.15) is 4.99 Å². The Labute approximate surface area is 185 Å². The van der Waals surface area contributed by atoms with Gasteiger partial charge in [-0.15, -0.1) is 11.3 Å². The van der Waals surface area contributed by atoms with Crippen LogP contribution in [0.1, 0.15) is 43.4 Å². The topological polar surface area (TPSA) is 54.8 Å². The second-order valence-corrected chi connectivity index (χ2v) is 9.23. The molecular formula is C23H25N3O2S2. The van der Waals surface area contributed by atoms with Crippen LogP contribution in [-0.2, 0) is 4.79 Å². The van der Waals surface area contributed by atoms with E-state index in [2.05, 4.69) is 11.6 Å². The molecule has 1 aliphatic heterocycles. The minimum atomic E-state index is 0.0254. The summed E-state index contributed by atoms with van der Waals surface area (Å²) >= 11 is 2.93. The number of thiazole rings is 1. The number of nitrogens with zero attached hydrogens (tertiary/aromatic N) is 3. The van der Waals surface area contributed by atoms with Crippen LogP contribution in [0.2, 0.25) is 0 Å². The van der Waals surface area contributed by atoms with E-state index in [1.807, 2.05) is 47.5 Å². The Morgan fingerprint density at radius 2 is 2.10 bits per heavy atom. The Hall–Kier alpha value is -2.38. The fourth-order valence-corrected chi connectivity index (χ4v) is 5.47. The average Bonchev–Trinajstić information content (AvgIpc) is 3.30. The van der Waals surface area contributed by atoms with E-state index in [9.17, 15) is 4.79 Å². The molecule has 0 bridgehead atoms. The van der Waals surface area contributed by atoms with Crippen molar-refractivity contribution in [2.75, 3.05) is 6.61 Å². The van der Waals surface area contributed by atoms with Crippen molar-refractivity contribution < 1.29 is 9.53 Å². The number of benzene rings is 1. The number of ether oxygens (including phenoxy) is 1. The van der Waals surface area contributed by atoms with Gasteiger partial charge in [0.1, 0.15) is 12.4 Å². The maximum absolute atomic E-state index is 13.4. The summed E-state index contributed by atoms with van der Waals surface area (Å²) in [7, 11) is 0. The van der Waals surface area contributed by atoms with E-state index in [4.69, 9.17) is 9.73 Å². The number of para-hydroxylation sites is 1. The van der Waals surface area contributed by atoms with Gasteiger partial charge in [-0.05, 0) is 43.7 Å². The summed E-state index contributed by atoms with van der Waals surface area (Å²) in [5.41, 5.74) is 1.83. The third kappa shape index (κ3) is 4.68. The van der Waals surface area contributed by atoms with Crippen LogP contribution in [0.4, 0.5) is 5.13 Å². The number of hydrogen-bond donors (Lipinski definition) is 0. The lowest BCUT2D eigenvalue weighted by Crippen LogP contribution is -2.40. The summed E-state index contributed by atoms with van der Waals surface area (Å²) in [6.45, 7) is 6.09. The van der Waals surface area contributed by atoms with Gasteiger partial charge in [-0.25, -0.2) is 4.98 Å². The number of aliphatic imine (C=N–C) groups is 1. The molecule has 7 heteroatoms. The predicted molar refractivity (Wildman–Crippen MR) is 125 cm³/mol. The van der Waals surface area contributed by atoms with Gasteiger partial charge in [-0.1, -0.05) is 50.1 Å². The highest BCUT2D eigenvalue weighted by Crippen LogP contribution is 2.39. The van der Waals surface area contributed by atoms with Crippen molar-refractivity contribution in [1.29, 1.82) is 0 Å². The molecule has 156 valence electrons. The minimum absolute atomic E-state index is 0.0254. The van der Waals surface area contributed by atoms with Crippen molar-refractivity contribution in [3.63, 3.8) is 0 Å². The monoisotopic (exact) mass is 439 g/mol. The van der Waals surface area contributed by atoms with Gasteiger partial charge < -0.3 is 4.74 Å². The van der Waals surface area contributed by atoms with Crippen molar-refractivity contribution in [2.45, 2.75) is 45.1 Å². The molecule has 0 spiro atoms. The highest BCUT2D eigenvalue weighted by atomic mass is 32.2. The van der Waals surface area contributed by atoms with Gasteiger partial charge in [-0.3, -0.25) is 9.69 Å². The van der Waals surface area contributed by atoms with Crippen LogP contribution in [0.3, 0.4) is 0 Å². The first-order chi connectivity index (χ1) is 14.7. The molecule has 2 heterocycles. The zero-order chi connectivity index (χ0) is 20.9. The number of aromatic nitrogens is 1. The van der Waals surface area contributed by atoms with Gasteiger partial charge >= 0.3 is 0 Å². The van der Waals surface area contributed by atoms with Gasteiger partial charge in [0.15, 0.2) is 5.17 Å². The standard InChI is InChI=1S/C23H25N3O2S2/c1-3-13-28-19-12-8-7-9-17(19)14-20-21(27)26(18-10-5-4-6-11-18)23(30-20)25-22-24-16(2)15-29-22/h3,7-9,12,14-15,18H,1,4-6,10-11,13H2,2H3/b20-14-,25-23+. The van der Waals surface area contributed by atoms with Crippen molar-refractivity contribution in [3.05, 3.63) is 58.5 Å². The van der Waals surface area contributed by atoms with Gasteiger partial charge in [0.2, 0.25) is 5.13 Å². The SMILES string of the molecule is C=CCOc1ccccc1/C=C1\S/C(=N/c2nc(C)cs2)N(C2CCCCC2)C1=O. The molecule has 4 rings (SSSR count). The summed E-state index contributed by atoms with van der Waals surface area (Å²) < 4.78 is 5.76. The van der Waals surface area contributed by atoms with Crippen molar-refractivity contribution in [2.24, 2.45) is 4.99 Å². The van der Waals surface area contributed by atoms with E-state index in [1.54, 1.807) is 6.08 Å². The summed E-state index contributed by atoms with van der Waals surface area (Å²) in [6, 6.07) is 7.95. The maximum atomic E-state index is 13.4. The second kappa shape index (κ2) is 9.62. The molecule has 0 radical (unpaired) electrons. The van der Waals surface area contributed by atoms with E-state index < -0.39 is 0 Å². The third-order valence-electron chi connectivity index (χ3n) is 5.14. The van der Waals surface area contributed by atoms with Gasteiger partial charge in [0, 0.05) is 17.0 Å². The molecule has 2 aromatic rings. The molecule has 5 nitrogen and oxygen atoms in total. The van der Waals surface area contributed by atoms with Crippen molar-refractivity contribution in [3.8, 4) is 5.75 Å². The Balaban J connectivity index is 1.68. The number of carbonyl (C=O) groups is 1. The molecule has 1 saturated heterocycles. The third-order valence-corrected chi connectivity index (χ3v) is 6.97. The molecule has 2 aliphatic rings. The van der Waals surface area contributed by atoms with E-state index in [0.717, 1.165) is 47.9 Å². The number of carbonyl (C=O) groups excluding carboxylic acids is 1. The lowest BCUT2D eigenvalue weighted by atomic mass is 9.94. The lowest BCUT2D eigenvalue weighted by molar-refractivity contribution is -0.124. The molecule has 1 aliphatic carbocycles. The molecule has 1 aromatic carbocycles.